The van der Waals surface area contributed by atoms with Crippen LogP contribution in [-0.4, -0.2) is 12.0 Å². The minimum Gasteiger partial charge on any atom is -0.490 e. The highest BCUT2D eigenvalue weighted by atomic mass is 19.4. The maximum atomic E-state index is 12.7. The van der Waals surface area contributed by atoms with Gasteiger partial charge in [-0.05, 0) is 68.1 Å². The van der Waals surface area contributed by atoms with Crippen LogP contribution in [0.4, 0.5) is 18.9 Å². The first kappa shape index (κ1) is 18.1. The van der Waals surface area contributed by atoms with Crippen molar-refractivity contribution in [2.45, 2.75) is 38.0 Å². The average Bonchev–Trinajstić information content (AvgIpc) is 3.13. The summed E-state index contributed by atoms with van der Waals surface area (Å²) in [5, 5.41) is 0. The molecule has 0 aromatic heterocycles. The van der Waals surface area contributed by atoms with Crippen LogP contribution in [0.15, 0.2) is 48.5 Å². The predicted octanol–water partition coefficient (Wildman–Crippen LogP) is 4.78. The van der Waals surface area contributed by atoms with Gasteiger partial charge in [0.2, 0.25) is 0 Å². The SMILES string of the molecule is O=C(NNc1cccc(C(F)(F)F)c1)c1ccc(OC2CCCC2)cc1. The molecule has 0 atom stereocenters. The van der Waals surface area contributed by atoms with Crippen molar-refractivity contribution >= 4 is 11.6 Å². The number of rotatable bonds is 5. The van der Waals surface area contributed by atoms with E-state index in [9.17, 15) is 18.0 Å². The fraction of sp³-hybridized carbons (Fsp3) is 0.316. The average molecular weight is 364 g/mol. The fourth-order valence-electron chi connectivity index (χ4n) is 2.86. The largest absolute Gasteiger partial charge is 0.490 e. The summed E-state index contributed by atoms with van der Waals surface area (Å²) in [5.41, 5.74) is 4.63. The molecule has 0 aliphatic heterocycles. The van der Waals surface area contributed by atoms with Crippen LogP contribution in [0.25, 0.3) is 0 Å². The van der Waals surface area contributed by atoms with E-state index in [-0.39, 0.29) is 11.8 Å². The summed E-state index contributed by atoms with van der Waals surface area (Å²) in [4.78, 5) is 12.1. The number of benzene rings is 2. The lowest BCUT2D eigenvalue weighted by Crippen LogP contribution is -2.29. The number of anilines is 1. The molecule has 1 fully saturated rings. The van der Waals surface area contributed by atoms with Gasteiger partial charge in [-0.2, -0.15) is 13.2 Å². The van der Waals surface area contributed by atoms with Gasteiger partial charge in [-0.1, -0.05) is 6.07 Å². The molecule has 0 bridgehead atoms. The lowest BCUT2D eigenvalue weighted by atomic mass is 10.2. The number of alkyl halides is 3. The van der Waals surface area contributed by atoms with Gasteiger partial charge in [-0.15, -0.1) is 0 Å². The lowest BCUT2D eigenvalue weighted by Gasteiger charge is -2.14. The van der Waals surface area contributed by atoms with E-state index in [1.54, 1.807) is 24.3 Å². The van der Waals surface area contributed by atoms with Gasteiger partial charge in [0.1, 0.15) is 5.75 Å². The van der Waals surface area contributed by atoms with E-state index in [0.717, 1.165) is 25.0 Å². The van der Waals surface area contributed by atoms with Crippen molar-refractivity contribution < 1.29 is 22.7 Å². The zero-order valence-corrected chi connectivity index (χ0v) is 14.0. The van der Waals surface area contributed by atoms with Crippen LogP contribution in [0.2, 0.25) is 0 Å². The molecule has 1 aliphatic rings. The van der Waals surface area contributed by atoms with Crippen molar-refractivity contribution in [2.24, 2.45) is 0 Å². The lowest BCUT2D eigenvalue weighted by molar-refractivity contribution is -0.137. The standard InChI is InChI=1S/C19H19F3N2O2/c20-19(21,22)14-4-3-5-15(12-14)23-24-18(25)13-8-10-17(11-9-13)26-16-6-1-2-7-16/h3-5,8-12,16,23H,1-2,6-7H2,(H,24,25). The molecule has 3 rings (SSSR count). The molecule has 1 amide bonds. The molecule has 138 valence electrons. The molecule has 1 aliphatic carbocycles. The predicted molar refractivity (Wildman–Crippen MR) is 91.9 cm³/mol. The molecule has 2 aromatic carbocycles. The van der Waals surface area contributed by atoms with Gasteiger partial charge < -0.3 is 4.74 Å². The van der Waals surface area contributed by atoms with Gasteiger partial charge in [0.05, 0.1) is 17.4 Å². The van der Waals surface area contributed by atoms with E-state index in [1.165, 1.54) is 25.0 Å². The Morgan fingerprint density at radius 2 is 1.73 bits per heavy atom. The second kappa shape index (κ2) is 7.68. The number of nitrogens with one attached hydrogen (secondary N) is 2. The van der Waals surface area contributed by atoms with Crippen LogP contribution in [0.1, 0.15) is 41.6 Å². The van der Waals surface area contributed by atoms with E-state index in [4.69, 9.17) is 4.74 Å². The zero-order valence-electron chi connectivity index (χ0n) is 14.0. The number of ether oxygens (including phenoxy) is 1. The van der Waals surface area contributed by atoms with Crippen molar-refractivity contribution in [1.82, 2.24) is 5.43 Å². The second-order valence-corrected chi connectivity index (χ2v) is 6.21. The Hall–Kier alpha value is -2.70. The Morgan fingerprint density at radius 3 is 2.38 bits per heavy atom. The van der Waals surface area contributed by atoms with Crippen LogP contribution >= 0.6 is 0 Å². The van der Waals surface area contributed by atoms with E-state index in [1.807, 2.05) is 0 Å². The van der Waals surface area contributed by atoms with Crippen molar-refractivity contribution in [1.29, 1.82) is 0 Å². The van der Waals surface area contributed by atoms with Gasteiger partial charge in [-0.25, -0.2) is 0 Å². The second-order valence-electron chi connectivity index (χ2n) is 6.21. The highest BCUT2D eigenvalue weighted by Crippen LogP contribution is 2.30. The third kappa shape index (κ3) is 4.68. The number of hydrogen-bond acceptors (Lipinski definition) is 3. The van der Waals surface area contributed by atoms with Gasteiger partial charge in [0, 0.05) is 5.56 Å². The van der Waals surface area contributed by atoms with E-state index in [2.05, 4.69) is 10.9 Å². The molecular weight excluding hydrogens is 345 g/mol. The third-order valence-corrected chi connectivity index (χ3v) is 4.23. The summed E-state index contributed by atoms with van der Waals surface area (Å²) in [5.74, 6) is 0.258. The summed E-state index contributed by atoms with van der Waals surface area (Å²) in [6.45, 7) is 0. The molecule has 7 heteroatoms. The van der Waals surface area contributed by atoms with E-state index in [0.29, 0.717) is 11.3 Å². The maximum Gasteiger partial charge on any atom is 0.416 e. The summed E-state index contributed by atoms with van der Waals surface area (Å²) < 4.78 is 43.9. The molecule has 0 heterocycles. The van der Waals surface area contributed by atoms with Crippen LogP contribution in [0, 0.1) is 0 Å². The van der Waals surface area contributed by atoms with Crippen molar-refractivity contribution in [2.75, 3.05) is 5.43 Å². The number of hydrazine groups is 1. The van der Waals surface area contributed by atoms with Gasteiger partial charge in [0.25, 0.3) is 5.91 Å². The molecule has 2 aromatic rings. The van der Waals surface area contributed by atoms with Gasteiger partial charge in [0.15, 0.2) is 0 Å². The van der Waals surface area contributed by atoms with E-state index < -0.39 is 17.6 Å². The van der Waals surface area contributed by atoms with Gasteiger partial charge in [-0.3, -0.25) is 15.6 Å². The van der Waals surface area contributed by atoms with Crippen LogP contribution in [0.3, 0.4) is 0 Å². The molecule has 0 radical (unpaired) electrons. The summed E-state index contributed by atoms with van der Waals surface area (Å²) in [7, 11) is 0. The highest BCUT2D eigenvalue weighted by molar-refractivity contribution is 5.95. The first-order valence-electron chi connectivity index (χ1n) is 8.42. The molecule has 26 heavy (non-hydrogen) atoms. The molecule has 4 nitrogen and oxygen atoms in total. The van der Waals surface area contributed by atoms with Gasteiger partial charge >= 0.3 is 6.18 Å². The molecule has 1 saturated carbocycles. The Balaban J connectivity index is 1.56. The van der Waals surface area contributed by atoms with Crippen molar-refractivity contribution in [3.05, 3.63) is 59.7 Å². The monoisotopic (exact) mass is 364 g/mol. The quantitative estimate of drug-likeness (QED) is 0.751. The Labute approximate surface area is 149 Å². The molecule has 0 spiro atoms. The fourth-order valence-corrected chi connectivity index (χ4v) is 2.86. The maximum absolute atomic E-state index is 12.7. The minimum absolute atomic E-state index is 0.148. The summed E-state index contributed by atoms with van der Waals surface area (Å²) in [6, 6.07) is 11.3. The minimum atomic E-state index is -4.43. The molecule has 2 N–H and O–H groups in total. The number of amides is 1. The first-order valence-corrected chi connectivity index (χ1v) is 8.42. The molecular formula is C19H19F3N2O2. The molecule has 0 unspecified atom stereocenters. The summed E-state index contributed by atoms with van der Waals surface area (Å²) >= 11 is 0. The van der Waals surface area contributed by atoms with Crippen LogP contribution in [0.5, 0.6) is 5.75 Å². The van der Waals surface area contributed by atoms with Crippen molar-refractivity contribution in [3.8, 4) is 5.75 Å². The van der Waals surface area contributed by atoms with Crippen LogP contribution in [-0.2, 0) is 6.18 Å². The smallest absolute Gasteiger partial charge is 0.416 e. The Bertz CT molecular complexity index is 754. The number of carbonyl (C=O) groups is 1. The molecule has 0 saturated heterocycles. The van der Waals surface area contributed by atoms with E-state index >= 15 is 0 Å². The van der Waals surface area contributed by atoms with Crippen LogP contribution < -0.4 is 15.6 Å². The Morgan fingerprint density at radius 1 is 1.04 bits per heavy atom. The zero-order chi connectivity index (χ0) is 18.6. The topological polar surface area (TPSA) is 50.4 Å². The third-order valence-electron chi connectivity index (χ3n) is 4.23. The van der Waals surface area contributed by atoms with Crippen molar-refractivity contribution in [3.63, 3.8) is 0 Å². The first-order chi connectivity index (χ1) is 12.4. The number of halogens is 3. The Kier molecular flexibility index (Phi) is 5.35. The number of carbonyl (C=O) groups excluding carboxylic acids is 1. The normalized spacial score (nSPS) is 14.9. The summed E-state index contributed by atoms with van der Waals surface area (Å²) in [6.07, 6.45) is 0.235. The highest BCUT2D eigenvalue weighted by Gasteiger charge is 2.30. The number of hydrogen-bond donors (Lipinski definition) is 2.